The molecule has 0 fully saturated rings. The Morgan fingerprint density at radius 3 is 1.38 bits per heavy atom. The van der Waals surface area contributed by atoms with Crippen LogP contribution in [-0.4, -0.2) is 62.0 Å². The summed E-state index contributed by atoms with van der Waals surface area (Å²) >= 11 is 0. The van der Waals surface area contributed by atoms with E-state index >= 15 is 0 Å². The van der Waals surface area contributed by atoms with Crippen LogP contribution in [0.4, 0.5) is 11.4 Å². The third kappa shape index (κ3) is 7.08. The summed E-state index contributed by atoms with van der Waals surface area (Å²) in [6, 6.07) is 10.9. The van der Waals surface area contributed by atoms with Crippen molar-refractivity contribution in [3.05, 3.63) is 47.5 Å². The van der Waals surface area contributed by atoms with Gasteiger partial charge in [-0.2, -0.15) is 0 Å². The van der Waals surface area contributed by atoms with Gasteiger partial charge in [-0.25, -0.2) is 0 Å². The average Bonchev–Trinajstić information content (AvgIpc) is 2.79. The van der Waals surface area contributed by atoms with Crippen LogP contribution in [0.15, 0.2) is 46.7 Å². The first-order valence-electron chi connectivity index (χ1n) is 11.0. The number of anilines is 2. The Labute approximate surface area is 190 Å². The van der Waals surface area contributed by atoms with Crippen LogP contribution < -0.4 is 9.80 Å². The van der Waals surface area contributed by atoms with Crippen molar-refractivity contribution in [2.45, 2.75) is 27.7 Å². The minimum absolute atomic E-state index is 0.148. The van der Waals surface area contributed by atoms with Gasteiger partial charge in [0.2, 0.25) is 0 Å². The van der Waals surface area contributed by atoms with Crippen molar-refractivity contribution in [2.24, 2.45) is 10.3 Å². The lowest BCUT2D eigenvalue weighted by Gasteiger charge is -2.21. The van der Waals surface area contributed by atoms with E-state index in [2.05, 4.69) is 47.8 Å². The van der Waals surface area contributed by atoms with E-state index in [4.69, 9.17) is 9.68 Å². The van der Waals surface area contributed by atoms with E-state index in [1.54, 1.807) is 24.3 Å². The minimum Gasteiger partial charge on any atom is -0.507 e. The van der Waals surface area contributed by atoms with Crippen LogP contribution >= 0.6 is 0 Å². The Hall–Kier alpha value is -3.42. The lowest BCUT2D eigenvalue weighted by atomic mass is 10.2. The highest BCUT2D eigenvalue weighted by Crippen LogP contribution is 2.24. The number of rotatable bonds is 13. The zero-order valence-corrected chi connectivity index (χ0v) is 19.4. The molecule has 8 nitrogen and oxygen atoms in total. The van der Waals surface area contributed by atoms with Gasteiger partial charge in [-0.05, 0) is 52.0 Å². The monoisotopic (exact) mass is 442 g/mol. The quantitative estimate of drug-likeness (QED) is 0.275. The maximum Gasteiger partial charge on any atom is 0.153 e. The highest BCUT2D eigenvalue weighted by Gasteiger charge is 2.06. The molecule has 32 heavy (non-hydrogen) atoms. The SMILES string of the molecule is CCN(CC)c1ccc(/C=N/OCCO/N=C/c2ccc(N(CC)CC)cc2O)c(O)c1. The maximum atomic E-state index is 10.2. The minimum atomic E-state index is 0.148. The van der Waals surface area contributed by atoms with E-state index in [-0.39, 0.29) is 24.7 Å². The Bertz CT molecular complexity index is 820. The van der Waals surface area contributed by atoms with Crippen molar-refractivity contribution in [3.63, 3.8) is 0 Å². The number of hydrogen-bond donors (Lipinski definition) is 2. The molecule has 0 radical (unpaired) electrons. The average molecular weight is 443 g/mol. The van der Waals surface area contributed by atoms with E-state index in [0.29, 0.717) is 11.1 Å². The van der Waals surface area contributed by atoms with Crippen LogP contribution in [-0.2, 0) is 9.68 Å². The van der Waals surface area contributed by atoms with Crippen LogP contribution in [0.25, 0.3) is 0 Å². The Morgan fingerprint density at radius 2 is 1.06 bits per heavy atom. The smallest absolute Gasteiger partial charge is 0.153 e. The molecule has 174 valence electrons. The molecule has 0 bridgehead atoms. The van der Waals surface area contributed by atoms with E-state index in [1.807, 2.05) is 12.1 Å². The molecule has 0 aliphatic carbocycles. The van der Waals surface area contributed by atoms with Gasteiger partial charge in [-0.3, -0.25) is 0 Å². The second-order valence-corrected chi connectivity index (χ2v) is 6.97. The molecule has 0 aromatic heterocycles. The predicted octanol–water partition coefficient (Wildman–Crippen LogP) is 4.19. The summed E-state index contributed by atoms with van der Waals surface area (Å²) in [6.45, 7) is 12.2. The zero-order valence-electron chi connectivity index (χ0n) is 19.4. The summed E-state index contributed by atoms with van der Waals surface area (Å²) in [5.74, 6) is 0.295. The standard InChI is InChI=1S/C24H34N4O4/c1-5-27(6-2)21-11-9-19(23(29)15-21)17-25-31-13-14-32-26-18-20-10-12-22(16-24(20)30)28(7-3)8-4/h9-12,15-18,29-30H,5-8,13-14H2,1-4H3/b25-17+,26-18+. The number of oxime groups is 2. The maximum absolute atomic E-state index is 10.2. The number of hydrogen-bond acceptors (Lipinski definition) is 8. The molecule has 2 aromatic carbocycles. The molecule has 0 aliphatic heterocycles. The molecule has 0 amide bonds. The normalized spacial score (nSPS) is 11.2. The van der Waals surface area contributed by atoms with Crippen molar-refractivity contribution in [1.29, 1.82) is 0 Å². The fourth-order valence-corrected chi connectivity index (χ4v) is 3.22. The second kappa shape index (κ2) is 13.1. The summed E-state index contributed by atoms with van der Waals surface area (Å²) in [5.41, 5.74) is 3.07. The van der Waals surface area contributed by atoms with Gasteiger partial charge < -0.3 is 29.7 Å². The zero-order chi connectivity index (χ0) is 23.3. The van der Waals surface area contributed by atoms with E-state index in [1.165, 1.54) is 12.4 Å². The molecule has 0 saturated carbocycles. The van der Waals surface area contributed by atoms with Gasteiger partial charge in [-0.15, -0.1) is 0 Å². The van der Waals surface area contributed by atoms with Gasteiger partial charge in [0, 0.05) is 60.8 Å². The number of nitrogens with zero attached hydrogens (tertiary/aromatic N) is 4. The molecule has 2 rings (SSSR count). The topological polar surface area (TPSA) is 90.1 Å². The summed E-state index contributed by atoms with van der Waals surface area (Å²) in [7, 11) is 0. The van der Waals surface area contributed by atoms with Gasteiger partial charge in [0.15, 0.2) is 13.2 Å². The van der Waals surface area contributed by atoms with Gasteiger partial charge >= 0.3 is 0 Å². The molecule has 0 heterocycles. The number of aromatic hydroxyl groups is 2. The van der Waals surface area contributed by atoms with Gasteiger partial charge in [0.25, 0.3) is 0 Å². The van der Waals surface area contributed by atoms with E-state index in [9.17, 15) is 10.2 Å². The van der Waals surface area contributed by atoms with Crippen LogP contribution in [0, 0.1) is 0 Å². The highest BCUT2D eigenvalue weighted by molar-refractivity contribution is 5.84. The summed E-state index contributed by atoms with van der Waals surface area (Å²) in [4.78, 5) is 14.6. The fraction of sp³-hybridized carbons (Fsp3) is 0.417. The molecule has 0 aliphatic rings. The fourth-order valence-electron chi connectivity index (χ4n) is 3.22. The van der Waals surface area contributed by atoms with Crippen molar-refractivity contribution < 1.29 is 19.9 Å². The molecule has 8 heteroatoms. The molecule has 0 atom stereocenters. The van der Waals surface area contributed by atoms with Crippen LogP contribution in [0.1, 0.15) is 38.8 Å². The summed E-state index contributed by atoms with van der Waals surface area (Å²) < 4.78 is 0. The highest BCUT2D eigenvalue weighted by atomic mass is 16.7. The lowest BCUT2D eigenvalue weighted by Crippen LogP contribution is -2.21. The van der Waals surface area contributed by atoms with Crippen molar-refractivity contribution in [1.82, 2.24) is 0 Å². The van der Waals surface area contributed by atoms with Crippen LogP contribution in [0.2, 0.25) is 0 Å². The van der Waals surface area contributed by atoms with Gasteiger partial charge in [0.1, 0.15) is 11.5 Å². The van der Waals surface area contributed by atoms with Crippen molar-refractivity contribution >= 4 is 23.8 Å². The van der Waals surface area contributed by atoms with Crippen molar-refractivity contribution in [3.8, 4) is 11.5 Å². The third-order valence-electron chi connectivity index (χ3n) is 5.08. The number of phenolic OH excluding ortho intramolecular Hbond substituents is 2. The van der Waals surface area contributed by atoms with E-state index in [0.717, 1.165) is 37.6 Å². The lowest BCUT2D eigenvalue weighted by molar-refractivity contribution is 0.0553. The first kappa shape index (κ1) is 24.8. The first-order valence-corrected chi connectivity index (χ1v) is 11.0. The van der Waals surface area contributed by atoms with Crippen LogP contribution in [0.5, 0.6) is 11.5 Å². The Balaban J connectivity index is 1.76. The van der Waals surface area contributed by atoms with Crippen molar-refractivity contribution in [2.75, 3.05) is 49.2 Å². The third-order valence-corrected chi connectivity index (χ3v) is 5.08. The first-order chi connectivity index (χ1) is 15.5. The molecular formula is C24H34N4O4. The van der Waals surface area contributed by atoms with Gasteiger partial charge in [-0.1, -0.05) is 10.3 Å². The Morgan fingerprint density at radius 1 is 0.688 bits per heavy atom. The summed E-state index contributed by atoms with van der Waals surface area (Å²) in [6.07, 6.45) is 2.92. The Kier molecular flexibility index (Phi) is 10.2. The number of phenols is 2. The van der Waals surface area contributed by atoms with Gasteiger partial charge in [0.05, 0.1) is 12.4 Å². The second-order valence-electron chi connectivity index (χ2n) is 6.97. The largest absolute Gasteiger partial charge is 0.507 e. The van der Waals surface area contributed by atoms with Crippen LogP contribution in [0.3, 0.4) is 0 Å². The summed E-state index contributed by atoms with van der Waals surface area (Å²) in [5, 5.41) is 28.0. The van der Waals surface area contributed by atoms with E-state index < -0.39 is 0 Å². The molecule has 0 saturated heterocycles. The molecular weight excluding hydrogens is 408 g/mol. The molecule has 2 aromatic rings. The number of benzene rings is 2. The molecule has 0 spiro atoms. The molecule has 0 unspecified atom stereocenters. The predicted molar refractivity (Wildman–Crippen MR) is 130 cm³/mol. The molecule has 2 N–H and O–H groups in total.